The van der Waals surface area contributed by atoms with E-state index >= 15 is 0 Å². The Kier molecular flexibility index (Phi) is 9.84. The van der Waals surface area contributed by atoms with E-state index in [9.17, 15) is 23.2 Å². The van der Waals surface area contributed by atoms with Crippen molar-refractivity contribution in [2.45, 2.75) is 55.5 Å². The summed E-state index contributed by atoms with van der Waals surface area (Å²) < 4.78 is 51.4. The quantitative estimate of drug-likeness (QED) is 0.248. The van der Waals surface area contributed by atoms with Crippen LogP contribution in [0.1, 0.15) is 26.8 Å². The fourth-order valence-corrected chi connectivity index (χ4v) is 5.69. The van der Waals surface area contributed by atoms with Gasteiger partial charge in [0.15, 0.2) is 23.8 Å². The Bertz CT molecular complexity index is 1460. The summed E-state index contributed by atoms with van der Waals surface area (Å²) in [6.45, 7) is 3.25. The predicted octanol–water partition coefficient (Wildman–Crippen LogP) is 5.01. The Morgan fingerprint density at radius 3 is 2.29 bits per heavy atom. The van der Waals surface area contributed by atoms with Crippen LogP contribution in [0.5, 0.6) is 0 Å². The van der Waals surface area contributed by atoms with Crippen LogP contribution in [0.4, 0.5) is 8.78 Å². The van der Waals surface area contributed by atoms with Crippen LogP contribution in [0.15, 0.2) is 47.5 Å². The van der Waals surface area contributed by atoms with Gasteiger partial charge < -0.3 is 18.9 Å². The molecule has 1 fully saturated rings. The molecule has 3 aromatic rings. The monoisotopic (exact) mass is 629 g/mol. The Hall–Kier alpha value is -3.26. The van der Waals surface area contributed by atoms with Crippen molar-refractivity contribution in [1.29, 1.82) is 0 Å². The lowest BCUT2D eigenvalue weighted by Gasteiger charge is -2.44. The van der Waals surface area contributed by atoms with Crippen molar-refractivity contribution >= 4 is 52.9 Å². The summed E-state index contributed by atoms with van der Waals surface area (Å²) in [5, 5.41) is 8.80. The van der Waals surface area contributed by atoms with Crippen molar-refractivity contribution in [3.05, 3.63) is 64.3 Å². The molecule has 15 heteroatoms. The molecule has 2 heterocycles. The van der Waals surface area contributed by atoms with E-state index in [1.54, 1.807) is 18.2 Å². The Balaban J connectivity index is 1.80. The maximum Gasteiger partial charge on any atom is 0.303 e. The van der Waals surface area contributed by atoms with Crippen LogP contribution in [-0.4, -0.2) is 63.3 Å². The average molecular weight is 630 g/mol. The molecular formula is C26H23Cl2F2N3O7S. The van der Waals surface area contributed by atoms with E-state index in [4.69, 9.17) is 42.1 Å². The van der Waals surface area contributed by atoms with Crippen LogP contribution in [0, 0.1) is 11.6 Å². The first-order valence-corrected chi connectivity index (χ1v) is 13.7. The molecule has 0 bridgehead atoms. The van der Waals surface area contributed by atoms with Crippen molar-refractivity contribution in [2.75, 3.05) is 6.61 Å². The molecule has 41 heavy (non-hydrogen) atoms. The van der Waals surface area contributed by atoms with Gasteiger partial charge in [-0.15, -0.1) is 5.10 Å². The molecule has 0 aliphatic carbocycles. The summed E-state index contributed by atoms with van der Waals surface area (Å²) in [4.78, 5) is 36.7. The third kappa shape index (κ3) is 7.53. The molecule has 1 aromatic heterocycles. The number of rotatable bonds is 8. The fourth-order valence-electron chi connectivity index (χ4n) is 4.17. The Morgan fingerprint density at radius 2 is 1.66 bits per heavy atom. The topological polar surface area (TPSA) is 119 Å². The minimum absolute atomic E-state index is 0.156. The van der Waals surface area contributed by atoms with Crippen LogP contribution in [0.25, 0.3) is 11.3 Å². The highest BCUT2D eigenvalue weighted by molar-refractivity contribution is 7.99. The molecule has 0 amide bonds. The maximum atomic E-state index is 13.9. The molecule has 0 N–H and O–H groups in total. The summed E-state index contributed by atoms with van der Waals surface area (Å²) in [5.41, 5.74) is -0.596. The number of halogens is 4. The Morgan fingerprint density at radius 1 is 0.951 bits per heavy atom. The first-order chi connectivity index (χ1) is 19.4. The highest BCUT2D eigenvalue weighted by Crippen LogP contribution is 2.42. The molecule has 0 radical (unpaired) electrons. The van der Waals surface area contributed by atoms with Gasteiger partial charge in [0.05, 0.1) is 16.2 Å². The van der Waals surface area contributed by atoms with Crippen molar-refractivity contribution in [3.63, 3.8) is 0 Å². The zero-order valence-corrected chi connectivity index (χ0v) is 24.1. The molecule has 2 aromatic carbocycles. The minimum Gasteiger partial charge on any atom is -0.463 e. The second-order valence-electron chi connectivity index (χ2n) is 8.89. The van der Waals surface area contributed by atoms with E-state index in [2.05, 4.69) is 10.3 Å². The van der Waals surface area contributed by atoms with Gasteiger partial charge in [0.1, 0.15) is 29.9 Å². The van der Waals surface area contributed by atoms with Crippen molar-refractivity contribution < 1.29 is 42.1 Å². The number of aromatic nitrogens is 3. The molecular weight excluding hydrogens is 607 g/mol. The number of carbonyl (C=O) groups is 3. The summed E-state index contributed by atoms with van der Waals surface area (Å²) >= 11 is 13.4. The number of ether oxygens (including phenoxy) is 4. The molecule has 218 valence electrons. The molecule has 2 unspecified atom stereocenters. The van der Waals surface area contributed by atoms with Gasteiger partial charge in [-0.05, 0) is 36.4 Å². The van der Waals surface area contributed by atoms with E-state index in [1.165, 1.54) is 37.7 Å². The van der Waals surface area contributed by atoms with Gasteiger partial charge >= 0.3 is 17.9 Å². The lowest BCUT2D eigenvalue weighted by molar-refractivity contribution is -0.212. The second-order valence-corrected chi connectivity index (χ2v) is 10.9. The van der Waals surface area contributed by atoms with Gasteiger partial charge in [-0.1, -0.05) is 40.2 Å². The maximum absolute atomic E-state index is 13.9. The summed E-state index contributed by atoms with van der Waals surface area (Å²) in [6, 6.07) is 7.00. The molecule has 4 rings (SSSR count). The van der Waals surface area contributed by atoms with Crippen molar-refractivity contribution in [2.24, 2.45) is 0 Å². The van der Waals surface area contributed by atoms with Crippen LogP contribution < -0.4 is 0 Å². The summed E-state index contributed by atoms with van der Waals surface area (Å²) in [7, 11) is 0. The number of hydrogen-bond acceptors (Lipinski definition) is 10. The van der Waals surface area contributed by atoms with Crippen LogP contribution in [-0.2, 0) is 33.3 Å². The number of benzene rings is 2. The van der Waals surface area contributed by atoms with E-state index in [-0.39, 0.29) is 22.9 Å². The molecule has 5 atom stereocenters. The standard InChI is InChI=1S/C26H23Cl2F2N3O7S/c1-12(34)37-11-22-24(38-13(2)35)23(33-10-21(31-32-33)15-4-7-19(29)20(30)8-15)25(39-14(3)36)26(40-22)41-16-5-6-17(27)18(28)9-16/h4-10,22-26H,11H2,1-3H3/t22?,23-,24-,25?,26+/m0/s1. The van der Waals surface area contributed by atoms with Crippen molar-refractivity contribution in [1.82, 2.24) is 15.0 Å². The molecule has 1 aliphatic heterocycles. The zero-order valence-electron chi connectivity index (χ0n) is 21.8. The zero-order chi connectivity index (χ0) is 29.8. The molecule has 0 saturated carbocycles. The fraction of sp³-hybridized carbons (Fsp3) is 0.346. The van der Waals surface area contributed by atoms with Gasteiger partial charge in [0.2, 0.25) is 0 Å². The first kappa shape index (κ1) is 30.7. The molecule has 1 saturated heterocycles. The molecule has 0 spiro atoms. The number of carbonyl (C=O) groups excluding carboxylic acids is 3. The van der Waals surface area contributed by atoms with Crippen LogP contribution in [0.2, 0.25) is 10.0 Å². The second kappa shape index (κ2) is 13.1. The van der Waals surface area contributed by atoms with Crippen molar-refractivity contribution in [3.8, 4) is 11.3 Å². The van der Waals surface area contributed by atoms with E-state index < -0.39 is 59.3 Å². The van der Waals surface area contributed by atoms with Gasteiger partial charge in [-0.25, -0.2) is 13.5 Å². The first-order valence-electron chi connectivity index (χ1n) is 12.0. The van der Waals surface area contributed by atoms with Crippen LogP contribution >= 0.6 is 35.0 Å². The van der Waals surface area contributed by atoms with Gasteiger partial charge in [0.25, 0.3) is 0 Å². The number of hydrogen-bond donors (Lipinski definition) is 0. The third-order valence-corrected chi connectivity index (χ3v) is 7.72. The number of thioether (sulfide) groups is 1. The highest BCUT2D eigenvalue weighted by atomic mass is 35.5. The highest BCUT2D eigenvalue weighted by Gasteiger charge is 2.52. The molecule has 10 nitrogen and oxygen atoms in total. The van der Waals surface area contributed by atoms with Gasteiger partial charge in [0, 0.05) is 31.2 Å². The van der Waals surface area contributed by atoms with Gasteiger partial charge in [-0.2, -0.15) is 0 Å². The van der Waals surface area contributed by atoms with E-state index in [0.717, 1.165) is 23.9 Å². The summed E-state index contributed by atoms with van der Waals surface area (Å²) in [6.07, 6.45) is -1.99. The predicted molar refractivity (Wildman–Crippen MR) is 143 cm³/mol. The largest absolute Gasteiger partial charge is 0.463 e. The average Bonchev–Trinajstić information content (AvgIpc) is 3.37. The number of esters is 3. The lowest BCUT2D eigenvalue weighted by atomic mass is 9.96. The van der Waals surface area contributed by atoms with Gasteiger partial charge in [-0.3, -0.25) is 14.4 Å². The molecule has 1 aliphatic rings. The van der Waals surface area contributed by atoms with E-state index in [1.807, 2.05) is 0 Å². The summed E-state index contributed by atoms with van der Waals surface area (Å²) in [5.74, 6) is -4.10. The van der Waals surface area contributed by atoms with E-state index in [0.29, 0.717) is 9.92 Å². The SMILES string of the molecule is CC(=O)OCC1O[C@H](Sc2ccc(Cl)c(Cl)c2)C(OC(C)=O)[C@@H](n2cc(-c3ccc(F)c(F)c3)nn2)[C@H]1OC(C)=O. The number of nitrogens with zero attached hydrogens (tertiary/aromatic N) is 3. The van der Waals surface area contributed by atoms with Crippen LogP contribution in [0.3, 0.4) is 0 Å². The minimum atomic E-state index is -1.19. The Labute approximate surface area is 247 Å². The normalized spacial score (nSPS) is 22.2. The third-order valence-electron chi connectivity index (χ3n) is 5.85. The lowest BCUT2D eigenvalue weighted by Crippen LogP contribution is -2.57. The smallest absolute Gasteiger partial charge is 0.303 e.